The summed E-state index contributed by atoms with van der Waals surface area (Å²) in [5.74, 6) is 0.204. The number of allylic oxidation sites excluding steroid dienone is 5. The molecular formula is C26H25FO4. The normalized spacial score (nSPS) is 25.5. The smallest absolute Gasteiger partial charge is 0.309 e. The van der Waals surface area contributed by atoms with Crippen molar-refractivity contribution < 1.29 is 23.4 Å². The van der Waals surface area contributed by atoms with Crippen LogP contribution in [0.25, 0.3) is 11.1 Å². The quantitative estimate of drug-likeness (QED) is 0.668. The van der Waals surface area contributed by atoms with Crippen LogP contribution in [-0.2, 0) is 9.53 Å². The number of rotatable bonds is 4. The van der Waals surface area contributed by atoms with Crippen LogP contribution >= 0.6 is 0 Å². The van der Waals surface area contributed by atoms with Gasteiger partial charge in [-0.25, -0.2) is 4.39 Å². The van der Waals surface area contributed by atoms with Gasteiger partial charge < -0.3 is 14.3 Å². The summed E-state index contributed by atoms with van der Waals surface area (Å²) in [6, 6.07) is 10.4. The largest absolute Gasteiger partial charge is 0.465 e. The Labute approximate surface area is 180 Å². The lowest BCUT2D eigenvalue weighted by Crippen LogP contribution is -2.31. The molecule has 1 saturated carbocycles. The van der Waals surface area contributed by atoms with Crippen molar-refractivity contribution >= 4 is 17.1 Å². The van der Waals surface area contributed by atoms with Gasteiger partial charge in [0, 0.05) is 17.4 Å². The van der Waals surface area contributed by atoms with Crippen molar-refractivity contribution in [2.24, 2.45) is 5.41 Å². The number of furan rings is 1. The van der Waals surface area contributed by atoms with E-state index in [4.69, 9.17) is 9.15 Å². The maximum atomic E-state index is 13.6. The molecule has 4 nitrogen and oxygen atoms in total. The Hall–Kier alpha value is -2.92. The first kappa shape index (κ1) is 20.0. The van der Waals surface area contributed by atoms with Crippen molar-refractivity contribution in [2.75, 3.05) is 0 Å². The molecule has 2 aromatic rings. The van der Waals surface area contributed by atoms with Crippen LogP contribution in [0.5, 0.6) is 0 Å². The highest BCUT2D eigenvalue weighted by atomic mass is 19.1. The molecule has 1 spiro atoms. The number of ether oxygens (including phenoxy) is 1. The molecule has 3 aliphatic rings. The number of cyclic esters (lactones) is 1. The molecule has 1 saturated heterocycles. The van der Waals surface area contributed by atoms with Crippen molar-refractivity contribution in [3.8, 4) is 0 Å². The molecule has 1 aromatic heterocycles. The van der Waals surface area contributed by atoms with Gasteiger partial charge in [-0.3, -0.25) is 4.79 Å². The molecule has 0 radical (unpaired) electrons. The predicted octanol–water partition coefficient (Wildman–Crippen LogP) is 5.45. The predicted molar refractivity (Wildman–Crippen MR) is 115 cm³/mol. The number of aliphatic hydroxyl groups excluding tert-OH is 1. The summed E-state index contributed by atoms with van der Waals surface area (Å²) in [7, 11) is 0. The van der Waals surface area contributed by atoms with E-state index in [2.05, 4.69) is 6.08 Å². The molecule has 5 rings (SSSR count). The van der Waals surface area contributed by atoms with Gasteiger partial charge in [0.05, 0.1) is 18.8 Å². The third kappa shape index (κ3) is 3.68. The van der Waals surface area contributed by atoms with Gasteiger partial charge in [-0.2, -0.15) is 0 Å². The molecule has 0 amide bonds. The second-order valence-electron chi connectivity index (χ2n) is 8.64. The maximum absolute atomic E-state index is 13.6. The van der Waals surface area contributed by atoms with Gasteiger partial charge in [0.1, 0.15) is 17.7 Å². The van der Waals surface area contributed by atoms with E-state index in [9.17, 15) is 14.3 Å². The lowest BCUT2D eigenvalue weighted by Gasteiger charge is -2.30. The number of hydrogen-bond acceptors (Lipinski definition) is 4. The summed E-state index contributed by atoms with van der Waals surface area (Å²) in [5.41, 5.74) is 4.07. The fourth-order valence-corrected chi connectivity index (χ4v) is 5.27. The second-order valence-corrected chi connectivity index (χ2v) is 8.64. The van der Waals surface area contributed by atoms with Crippen LogP contribution in [-0.4, -0.2) is 23.3 Å². The van der Waals surface area contributed by atoms with Gasteiger partial charge in [0.15, 0.2) is 0 Å². The zero-order chi connectivity index (χ0) is 21.4. The summed E-state index contributed by atoms with van der Waals surface area (Å²) >= 11 is 0. The Morgan fingerprint density at radius 1 is 1.13 bits per heavy atom. The van der Waals surface area contributed by atoms with Crippen LogP contribution < -0.4 is 0 Å². The molecule has 1 aromatic carbocycles. The molecule has 2 atom stereocenters. The highest BCUT2D eigenvalue weighted by molar-refractivity contribution is 5.96. The van der Waals surface area contributed by atoms with Crippen molar-refractivity contribution in [1.82, 2.24) is 0 Å². The zero-order valence-corrected chi connectivity index (χ0v) is 17.2. The Bertz CT molecular complexity index is 1050. The minimum Gasteiger partial charge on any atom is -0.465 e. The number of esters is 1. The molecule has 1 aliphatic heterocycles. The number of hydrogen-bond donors (Lipinski definition) is 1. The van der Waals surface area contributed by atoms with Gasteiger partial charge in [0.2, 0.25) is 0 Å². The van der Waals surface area contributed by atoms with Gasteiger partial charge in [-0.05, 0) is 66.0 Å². The molecule has 160 valence electrons. The van der Waals surface area contributed by atoms with E-state index in [1.807, 2.05) is 24.3 Å². The first-order valence-corrected chi connectivity index (χ1v) is 10.9. The van der Waals surface area contributed by atoms with Crippen molar-refractivity contribution in [2.45, 2.75) is 50.7 Å². The summed E-state index contributed by atoms with van der Waals surface area (Å²) in [6.07, 6.45) is 11.3. The maximum Gasteiger partial charge on any atom is 0.309 e. The monoisotopic (exact) mass is 420 g/mol. The number of carbonyl (C=O) groups is 1. The molecule has 0 unspecified atom stereocenters. The van der Waals surface area contributed by atoms with E-state index in [1.165, 1.54) is 12.1 Å². The third-order valence-electron chi connectivity index (χ3n) is 6.68. The zero-order valence-electron chi connectivity index (χ0n) is 17.2. The lowest BCUT2D eigenvalue weighted by atomic mass is 9.73. The first-order valence-electron chi connectivity index (χ1n) is 10.9. The van der Waals surface area contributed by atoms with E-state index in [0.717, 1.165) is 53.7 Å². The van der Waals surface area contributed by atoms with Gasteiger partial charge in [0.25, 0.3) is 0 Å². The summed E-state index contributed by atoms with van der Waals surface area (Å²) in [4.78, 5) is 11.8. The Balaban J connectivity index is 1.60. The van der Waals surface area contributed by atoms with Crippen LogP contribution in [0, 0.1) is 11.2 Å². The van der Waals surface area contributed by atoms with E-state index < -0.39 is 12.2 Å². The molecule has 1 N–H and O–H groups in total. The van der Waals surface area contributed by atoms with Crippen LogP contribution in [0.2, 0.25) is 0 Å². The molecule has 2 heterocycles. The van der Waals surface area contributed by atoms with E-state index in [0.29, 0.717) is 6.42 Å². The van der Waals surface area contributed by atoms with E-state index >= 15 is 0 Å². The minimum absolute atomic E-state index is 0.0437. The summed E-state index contributed by atoms with van der Waals surface area (Å²) < 4.78 is 24.8. The van der Waals surface area contributed by atoms with Gasteiger partial charge in [-0.1, -0.05) is 31.1 Å². The average Bonchev–Trinajstić information content (AvgIpc) is 3.48. The van der Waals surface area contributed by atoms with E-state index in [1.54, 1.807) is 18.4 Å². The van der Waals surface area contributed by atoms with Gasteiger partial charge in [-0.15, -0.1) is 0 Å². The minimum atomic E-state index is -0.678. The fourth-order valence-electron chi connectivity index (χ4n) is 5.27. The third-order valence-corrected chi connectivity index (χ3v) is 6.68. The number of carbonyl (C=O) groups excluding carboxylic acids is 1. The standard InChI is InChI=1S/C26H25FO4/c27-18-7-5-17(6-8-18)21-16-23(24-4-3-13-30-24)26(11-1-2-12-26)22(21)10-9-20-14-19(28)15-25(29)31-20/h3-10,13,16,19-20,28H,1-2,11-12,14-15H2/b10-9+/t19-,20-/m1/s1. The highest BCUT2D eigenvalue weighted by Crippen LogP contribution is 2.60. The van der Waals surface area contributed by atoms with Crippen molar-refractivity contribution in [3.05, 3.63) is 83.6 Å². The van der Waals surface area contributed by atoms with Gasteiger partial charge >= 0.3 is 5.97 Å². The fraction of sp³-hybridized carbons (Fsp3) is 0.346. The summed E-state index contributed by atoms with van der Waals surface area (Å²) in [6.45, 7) is 0. The molecule has 5 heteroatoms. The average molecular weight is 420 g/mol. The first-order chi connectivity index (χ1) is 15.0. The second kappa shape index (κ2) is 7.97. The summed E-state index contributed by atoms with van der Waals surface area (Å²) in [5, 5.41) is 9.97. The highest BCUT2D eigenvalue weighted by Gasteiger charge is 2.46. The lowest BCUT2D eigenvalue weighted by molar-refractivity contribution is -0.156. The topological polar surface area (TPSA) is 59.7 Å². The Morgan fingerprint density at radius 2 is 1.90 bits per heavy atom. The molecule has 31 heavy (non-hydrogen) atoms. The molecular weight excluding hydrogens is 395 g/mol. The SMILES string of the molecule is O=C1C[C@H](O)C[C@@H](/C=C/C2=C(c3ccc(F)cc3)C=C(c3ccco3)C23CCCC3)O1. The number of halogens is 1. The molecule has 2 aliphatic carbocycles. The molecule has 2 fully saturated rings. The Kier molecular flexibility index (Phi) is 5.14. The van der Waals surface area contributed by atoms with Crippen LogP contribution in [0.15, 0.2) is 70.9 Å². The number of benzene rings is 1. The van der Waals surface area contributed by atoms with Crippen LogP contribution in [0.1, 0.15) is 49.8 Å². The Morgan fingerprint density at radius 3 is 2.58 bits per heavy atom. The van der Waals surface area contributed by atoms with Crippen LogP contribution in [0.3, 0.4) is 0 Å². The number of aliphatic hydroxyl groups is 1. The van der Waals surface area contributed by atoms with Crippen molar-refractivity contribution in [1.29, 1.82) is 0 Å². The van der Waals surface area contributed by atoms with Crippen LogP contribution in [0.4, 0.5) is 4.39 Å². The molecule has 0 bridgehead atoms. The van der Waals surface area contributed by atoms with Crippen molar-refractivity contribution in [3.63, 3.8) is 0 Å². The van der Waals surface area contributed by atoms with E-state index in [-0.39, 0.29) is 23.6 Å².